The first-order valence-electron chi connectivity index (χ1n) is 4.82. The average molecular weight is 169 g/mol. The van der Waals surface area contributed by atoms with E-state index in [0.717, 1.165) is 19.8 Å². The second-order valence-corrected chi connectivity index (χ2v) is 3.18. The Morgan fingerprint density at radius 3 is 3.17 bits per heavy atom. The van der Waals surface area contributed by atoms with E-state index >= 15 is 0 Å². The van der Waals surface area contributed by atoms with E-state index in [0.29, 0.717) is 6.04 Å². The standard InChI is InChI=1S/C10H19NO/c1-3-10-6-5-7-11(10)8-9-12-4-2/h3,10H,1,4-9H2,2H3. The Labute approximate surface area is 75.2 Å². The topological polar surface area (TPSA) is 12.5 Å². The van der Waals surface area contributed by atoms with Gasteiger partial charge in [-0.05, 0) is 26.3 Å². The zero-order valence-electron chi connectivity index (χ0n) is 7.96. The number of hydrogen-bond acceptors (Lipinski definition) is 2. The van der Waals surface area contributed by atoms with Crippen molar-refractivity contribution in [2.75, 3.05) is 26.3 Å². The van der Waals surface area contributed by atoms with E-state index in [1.807, 2.05) is 6.92 Å². The van der Waals surface area contributed by atoms with E-state index in [4.69, 9.17) is 4.74 Å². The van der Waals surface area contributed by atoms with Gasteiger partial charge in [0.05, 0.1) is 6.61 Å². The minimum Gasteiger partial charge on any atom is -0.380 e. The molecule has 0 spiro atoms. The fraction of sp³-hybridized carbons (Fsp3) is 0.800. The molecule has 0 radical (unpaired) electrons. The maximum Gasteiger partial charge on any atom is 0.0593 e. The molecule has 0 aromatic rings. The smallest absolute Gasteiger partial charge is 0.0593 e. The molecule has 1 atom stereocenters. The second kappa shape index (κ2) is 5.33. The second-order valence-electron chi connectivity index (χ2n) is 3.18. The molecule has 0 saturated carbocycles. The van der Waals surface area contributed by atoms with Crippen molar-refractivity contribution in [1.29, 1.82) is 0 Å². The van der Waals surface area contributed by atoms with E-state index in [2.05, 4.69) is 17.6 Å². The zero-order chi connectivity index (χ0) is 8.81. The summed E-state index contributed by atoms with van der Waals surface area (Å²) < 4.78 is 5.31. The fourth-order valence-corrected chi connectivity index (χ4v) is 1.72. The molecule has 0 bridgehead atoms. The van der Waals surface area contributed by atoms with Gasteiger partial charge in [0.1, 0.15) is 0 Å². The normalized spacial score (nSPS) is 24.6. The molecule has 1 saturated heterocycles. The molecule has 2 nitrogen and oxygen atoms in total. The van der Waals surface area contributed by atoms with Crippen molar-refractivity contribution < 1.29 is 4.74 Å². The molecule has 70 valence electrons. The van der Waals surface area contributed by atoms with Gasteiger partial charge in [0.25, 0.3) is 0 Å². The predicted octanol–water partition coefficient (Wildman–Crippen LogP) is 1.67. The highest BCUT2D eigenvalue weighted by molar-refractivity contribution is 4.91. The summed E-state index contributed by atoms with van der Waals surface area (Å²) in [6.45, 7) is 9.84. The highest BCUT2D eigenvalue weighted by Crippen LogP contribution is 2.16. The molecule has 0 aromatic heterocycles. The summed E-state index contributed by atoms with van der Waals surface area (Å²) in [6.07, 6.45) is 4.64. The summed E-state index contributed by atoms with van der Waals surface area (Å²) in [4.78, 5) is 2.45. The lowest BCUT2D eigenvalue weighted by atomic mass is 10.2. The largest absolute Gasteiger partial charge is 0.380 e. The Hall–Kier alpha value is -0.340. The summed E-state index contributed by atoms with van der Waals surface area (Å²) in [6, 6.07) is 0.602. The summed E-state index contributed by atoms with van der Waals surface area (Å²) in [5.74, 6) is 0. The van der Waals surface area contributed by atoms with Crippen molar-refractivity contribution >= 4 is 0 Å². The number of ether oxygens (including phenoxy) is 1. The lowest BCUT2D eigenvalue weighted by Crippen LogP contribution is -2.31. The van der Waals surface area contributed by atoms with Crippen LogP contribution in [0.25, 0.3) is 0 Å². The van der Waals surface area contributed by atoms with E-state index in [1.165, 1.54) is 19.4 Å². The van der Waals surface area contributed by atoms with Gasteiger partial charge in [-0.15, -0.1) is 6.58 Å². The van der Waals surface area contributed by atoms with Gasteiger partial charge in [0, 0.05) is 19.2 Å². The Morgan fingerprint density at radius 2 is 2.50 bits per heavy atom. The minimum atomic E-state index is 0.602. The Kier molecular flexibility index (Phi) is 4.33. The first-order valence-corrected chi connectivity index (χ1v) is 4.82. The molecule has 0 aromatic carbocycles. The van der Waals surface area contributed by atoms with Gasteiger partial charge < -0.3 is 4.74 Å². The van der Waals surface area contributed by atoms with Crippen LogP contribution in [0.3, 0.4) is 0 Å². The van der Waals surface area contributed by atoms with E-state index in [9.17, 15) is 0 Å². The molecule has 2 heteroatoms. The minimum absolute atomic E-state index is 0.602. The number of nitrogens with zero attached hydrogens (tertiary/aromatic N) is 1. The van der Waals surface area contributed by atoms with Crippen molar-refractivity contribution in [1.82, 2.24) is 4.90 Å². The summed E-state index contributed by atoms with van der Waals surface area (Å²) in [5.41, 5.74) is 0. The molecule has 12 heavy (non-hydrogen) atoms. The number of likely N-dealkylation sites (tertiary alicyclic amines) is 1. The van der Waals surface area contributed by atoms with Crippen LogP contribution >= 0.6 is 0 Å². The SMILES string of the molecule is C=CC1CCCN1CCOCC. The molecule has 0 N–H and O–H groups in total. The number of hydrogen-bond donors (Lipinski definition) is 0. The zero-order valence-corrected chi connectivity index (χ0v) is 7.96. The molecular formula is C10H19NO. The van der Waals surface area contributed by atoms with Crippen molar-refractivity contribution in [3.05, 3.63) is 12.7 Å². The monoisotopic (exact) mass is 169 g/mol. The average Bonchev–Trinajstić information content (AvgIpc) is 2.52. The lowest BCUT2D eigenvalue weighted by Gasteiger charge is -2.20. The van der Waals surface area contributed by atoms with Crippen LogP contribution in [0.1, 0.15) is 19.8 Å². The van der Waals surface area contributed by atoms with Crippen LogP contribution in [0.15, 0.2) is 12.7 Å². The van der Waals surface area contributed by atoms with Crippen molar-refractivity contribution in [2.24, 2.45) is 0 Å². The first-order chi connectivity index (χ1) is 5.88. The summed E-state index contributed by atoms with van der Waals surface area (Å²) >= 11 is 0. The Balaban J connectivity index is 2.17. The van der Waals surface area contributed by atoms with E-state index < -0.39 is 0 Å². The van der Waals surface area contributed by atoms with Crippen molar-refractivity contribution in [3.8, 4) is 0 Å². The van der Waals surface area contributed by atoms with Crippen LogP contribution in [0, 0.1) is 0 Å². The molecule has 1 heterocycles. The molecule has 1 fully saturated rings. The summed E-state index contributed by atoms with van der Waals surface area (Å²) in [7, 11) is 0. The van der Waals surface area contributed by atoms with Crippen LogP contribution in [0.4, 0.5) is 0 Å². The maximum absolute atomic E-state index is 5.31. The molecule has 0 aliphatic carbocycles. The van der Waals surface area contributed by atoms with Gasteiger partial charge >= 0.3 is 0 Å². The van der Waals surface area contributed by atoms with Gasteiger partial charge in [-0.2, -0.15) is 0 Å². The first kappa shape index (κ1) is 9.75. The van der Waals surface area contributed by atoms with Crippen molar-refractivity contribution in [3.63, 3.8) is 0 Å². The molecule has 1 aliphatic heterocycles. The Bertz CT molecular complexity index is 136. The van der Waals surface area contributed by atoms with Crippen LogP contribution < -0.4 is 0 Å². The van der Waals surface area contributed by atoms with Gasteiger partial charge in [-0.1, -0.05) is 6.08 Å². The summed E-state index contributed by atoms with van der Waals surface area (Å²) in [5, 5.41) is 0. The molecule has 1 unspecified atom stereocenters. The predicted molar refractivity (Wildman–Crippen MR) is 51.3 cm³/mol. The molecular weight excluding hydrogens is 150 g/mol. The van der Waals surface area contributed by atoms with Gasteiger partial charge in [0.2, 0.25) is 0 Å². The van der Waals surface area contributed by atoms with Crippen LogP contribution in [0.5, 0.6) is 0 Å². The van der Waals surface area contributed by atoms with Gasteiger partial charge in [-0.25, -0.2) is 0 Å². The third kappa shape index (κ3) is 2.61. The lowest BCUT2D eigenvalue weighted by molar-refractivity contribution is 0.115. The molecule has 1 rings (SSSR count). The van der Waals surface area contributed by atoms with E-state index in [1.54, 1.807) is 0 Å². The molecule has 1 aliphatic rings. The highest BCUT2D eigenvalue weighted by Gasteiger charge is 2.20. The quantitative estimate of drug-likeness (QED) is 0.458. The van der Waals surface area contributed by atoms with Crippen LogP contribution in [-0.4, -0.2) is 37.2 Å². The number of rotatable bonds is 5. The van der Waals surface area contributed by atoms with Gasteiger partial charge in [0.15, 0.2) is 0 Å². The molecule has 0 amide bonds. The van der Waals surface area contributed by atoms with E-state index in [-0.39, 0.29) is 0 Å². The van der Waals surface area contributed by atoms with Crippen LogP contribution in [-0.2, 0) is 4.74 Å². The highest BCUT2D eigenvalue weighted by atomic mass is 16.5. The fourth-order valence-electron chi connectivity index (χ4n) is 1.72. The Morgan fingerprint density at radius 1 is 1.67 bits per heavy atom. The van der Waals surface area contributed by atoms with Gasteiger partial charge in [-0.3, -0.25) is 4.90 Å². The third-order valence-corrected chi connectivity index (χ3v) is 2.41. The van der Waals surface area contributed by atoms with Crippen molar-refractivity contribution in [2.45, 2.75) is 25.8 Å². The third-order valence-electron chi connectivity index (χ3n) is 2.41. The van der Waals surface area contributed by atoms with Crippen LogP contribution in [0.2, 0.25) is 0 Å². The maximum atomic E-state index is 5.31.